The molecule has 4 nitrogen and oxygen atoms in total. The van der Waals surface area contributed by atoms with Crippen LogP contribution in [-0.2, 0) is 4.74 Å². The number of hydrogen-bond acceptors (Lipinski definition) is 3. The number of hydrogen-bond donors (Lipinski definition) is 1. The van der Waals surface area contributed by atoms with Gasteiger partial charge in [-0.25, -0.2) is 4.79 Å². The molecule has 0 radical (unpaired) electrons. The molecule has 0 aromatic rings. The third-order valence-corrected chi connectivity index (χ3v) is 2.43. The van der Waals surface area contributed by atoms with E-state index in [1.54, 1.807) is 0 Å². The second kappa shape index (κ2) is 5.73. The smallest absolute Gasteiger partial charge is 0.410 e. The Morgan fingerprint density at radius 1 is 1.25 bits per heavy atom. The van der Waals surface area contributed by atoms with Crippen molar-refractivity contribution in [1.82, 2.24) is 10.2 Å². The summed E-state index contributed by atoms with van der Waals surface area (Å²) in [5.41, 5.74) is -0.415. The third kappa shape index (κ3) is 4.18. The number of carbonyl (C=O) groups is 1. The lowest BCUT2D eigenvalue weighted by atomic mass is 10.1. The normalized spacial score (nSPS) is 25.9. The fourth-order valence-corrected chi connectivity index (χ4v) is 1.81. The van der Waals surface area contributed by atoms with Gasteiger partial charge in [0.25, 0.3) is 0 Å². The van der Waals surface area contributed by atoms with Crippen LogP contribution in [0.1, 0.15) is 34.6 Å². The Hall–Kier alpha value is -0.480. The lowest BCUT2D eigenvalue weighted by Gasteiger charge is -2.39. The van der Waals surface area contributed by atoms with Gasteiger partial charge in [0.2, 0.25) is 0 Å². The quantitative estimate of drug-likeness (QED) is 0.715. The van der Waals surface area contributed by atoms with E-state index in [2.05, 4.69) is 5.32 Å². The maximum absolute atomic E-state index is 11.9. The lowest BCUT2D eigenvalue weighted by molar-refractivity contribution is 0.00303. The maximum Gasteiger partial charge on any atom is 0.410 e. The molecule has 1 aliphatic rings. The molecule has 0 aliphatic carbocycles. The number of halogens is 1. The van der Waals surface area contributed by atoms with E-state index in [-0.39, 0.29) is 30.6 Å². The van der Waals surface area contributed by atoms with Gasteiger partial charge in [0.1, 0.15) is 5.60 Å². The minimum absolute atomic E-state index is 0. The van der Waals surface area contributed by atoms with Crippen molar-refractivity contribution in [1.29, 1.82) is 0 Å². The summed E-state index contributed by atoms with van der Waals surface area (Å²) in [6.45, 7) is 11.4. The van der Waals surface area contributed by atoms with Gasteiger partial charge in [0.15, 0.2) is 0 Å². The molecule has 0 bridgehead atoms. The standard InChI is InChI=1S/C11H22N2O2.ClH/c1-8-6-12-7-9(2)13(8)10(14)15-11(3,4)5;/h8-9,12H,6-7H2,1-5H3;1H/t8-,9-;/m0./s1. The van der Waals surface area contributed by atoms with Gasteiger partial charge in [-0.1, -0.05) is 0 Å². The van der Waals surface area contributed by atoms with Gasteiger partial charge in [-0.15, -0.1) is 12.4 Å². The number of ether oxygens (including phenoxy) is 1. The fraction of sp³-hybridized carbons (Fsp3) is 0.909. The van der Waals surface area contributed by atoms with E-state index in [0.717, 1.165) is 13.1 Å². The van der Waals surface area contributed by atoms with Crippen LogP contribution >= 0.6 is 12.4 Å². The van der Waals surface area contributed by atoms with E-state index in [0.29, 0.717) is 0 Å². The molecule has 0 spiro atoms. The molecule has 1 fully saturated rings. The molecule has 0 aromatic carbocycles. The zero-order chi connectivity index (χ0) is 11.6. The Bertz CT molecular complexity index is 231. The first kappa shape index (κ1) is 15.5. The van der Waals surface area contributed by atoms with Crippen molar-refractivity contribution >= 4 is 18.5 Å². The van der Waals surface area contributed by atoms with Gasteiger partial charge in [0.05, 0.1) is 0 Å². The van der Waals surface area contributed by atoms with E-state index in [9.17, 15) is 4.79 Å². The van der Waals surface area contributed by atoms with Crippen LogP contribution < -0.4 is 5.32 Å². The van der Waals surface area contributed by atoms with E-state index in [1.807, 2.05) is 39.5 Å². The molecule has 16 heavy (non-hydrogen) atoms. The summed E-state index contributed by atoms with van der Waals surface area (Å²) in [6, 6.07) is 0.396. The Morgan fingerprint density at radius 2 is 1.69 bits per heavy atom. The van der Waals surface area contributed by atoms with Crippen LogP contribution in [0.3, 0.4) is 0 Å². The average molecular weight is 251 g/mol. The van der Waals surface area contributed by atoms with Crippen molar-refractivity contribution < 1.29 is 9.53 Å². The van der Waals surface area contributed by atoms with E-state index in [4.69, 9.17) is 4.74 Å². The van der Waals surface area contributed by atoms with Crippen LogP contribution in [0.5, 0.6) is 0 Å². The highest BCUT2D eigenvalue weighted by atomic mass is 35.5. The first-order valence-electron chi connectivity index (χ1n) is 5.53. The third-order valence-electron chi connectivity index (χ3n) is 2.43. The number of nitrogens with zero attached hydrogens (tertiary/aromatic N) is 1. The Morgan fingerprint density at radius 3 is 2.06 bits per heavy atom. The molecule has 0 saturated carbocycles. The van der Waals surface area contributed by atoms with Crippen LogP contribution in [0, 0.1) is 0 Å². The zero-order valence-corrected chi connectivity index (χ0v) is 11.6. The van der Waals surface area contributed by atoms with Crippen molar-refractivity contribution in [2.45, 2.75) is 52.3 Å². The monoisotopic (exact) mass is 250 g/mol. The van der Waals surface area contributed by atoms with Gasteiger partial charge in [-0.2, -0.15) is 0 Å². The van der Waals surface area contributed by atoms with Crippen molar-refractivity contribution in [3.63, 3.8) is 0 Å². The molecule has 2 atom stereocenters. The van der Waals surface area contributed by atoms with Gasteiger partial charge in [0, 0.05) is 25.2 Å². The second-order valence-corrected chi connectivity index (χ2v) is 5.24. The zero-order valence-electron chi connectivity index (χ0n) is 10.7. The topological polar surface area (TPSA) is 41.6 Å². The Labute approximate surface area is 104 Å². The molecular weight excluding hydrogens is 228 g/mol. The van der Waals surface area contributed by atoms with Crippen LogP contribution in [-0.4, -0.2) is 41.8 Å². The van der Waals surface area contributed by atoms with Crippen LogP contribution in [0.2, 0.25) is 0 Å². The van der Waals surface area contributed by atoms with E-state index >= 15 is 0 Å². The van der Waals surface area contributed by atoms with Gasteiger partial charge in [-0.05, 0) is 34.6 Å². The molecule has 1 N–H and O–H groups in total. The first-order valence-corrected chi connectivity index (χ1v) is 5.53. The summed E-state index contributed by atoms with van der Waals surface area (Å²) in [6.07, 6.45) is -0.205. The lowest BCUT2D eigenvalue weighted by Crippen LogP contribution is -2.58. The van der Waals surface area contributed by atoms with E-state index < -0.39 is 5.60 Å². The predicted molar refractivity (Wildman–Crippen MR) is 67.1 cm³/mol. The molecule has 1 heterocycles. The number of amides is 1. The van der Waals surface area contributed by atoms with Crippen molar-refractivity contribution in [3.05, 3.63) is 0 Å². The highest BCUT2D eigenvalue weighted by Gasteiger charge is 2.32. The van der Waals surface area contributed by atoms with Gasteiger partial charge in [-0.3, -0.25) is 0 Å². The van der Waals surface area contributed by atoms with Crippen LogP contribution in [0.4, 0.5) is 4.79 Å². The summed E-state index contributed by atoms with van der Waals surface area (Å²) < 4.78 is 5.38. The summed E-state index contributed by atoms with van der Waals surface area (Å²) in [5.74, 6) is 0. The molecular formula is C11H23ClN2O2. The molecule has 1 saturated heterocycles. The fourth-order valence-electron chi connectivity index (χ4n) is 1.81. The molecule has 1 rings (SSSR count). The SMILES string of the molecule is C[C@H]1CNC[C@H](C)N1C(=O)OC(C)(C)C.Cl. The van der Waals surface area contributed by atoms with Gasteiger partial charge >= 0.3 is 6.09 Å². The van der Waals surface area contributed by atoms with Crippen LogP contribution in [0.15, 0.2) is 0 Å². The van der Waals surface area contributed by atoms with Crippen molar-refractivity contribution in [2.24, 2.45) is 0 Å². The summed E-state index contributed by atoms with van der Waals surface area (Å²) in [4.78, 5) is 13.7. The average Bonchev–Trinajstić information content (AvgIpc) is 1.99. The summed E-state index contributed by atoms with van der Waals surface area (Å²) in [7, 11) is 0. The van der Waals surface area contributed by atoms with Crippen molar-refractivity contribution in [3.8, 4) is 0 Å². The minimum atomic E-state index is -0.415. The highest BCUT2D eigenvalue weighted by molar-refractivity contribution is 5.85. The minimum Gasteiger partial charge on any atom is -0.444 e. The first-order chi connectivity index (χ1) is 6.81. The molecule has 5 heteroatoms. The number of carbonyl (C=O) groups excluding carboxylic acids is 1. The Kier molecular flexibility index (Phi) is 5.56. The predicted octanol–water partition coefficient (Wildman–Crippen LogP) is 2.03. The molecule has 0 aromatic heterocycles. The van der Waals surface area contributed by atoms with E-state index in [1.165, 1.54) is 0 Å². The largest absolute Gasteiger partial charge is 0.444 e. The summed E-state index contributed by atoms with van der Waals surface area (Å²) >= 11 is 0. The number of nitrogens with one attached hydrogen (secondary N) is 1. The van der Waals surface area contributed by atoms with Gasteiger partial charge < -0.3 is 15.0 Å². The van der Waals surface area contributed by atoms with Crippen molar-refractivity contribution in [2.75, 3.05) is 13.1 Å². The van der Waals surface area contributed by atoms with Crippen LogP contribution in [0.25, 0.3) is 0 Å². The Balaban J connectivity index is 0.00000225. The number of piperazine rings is 1. The molecule has 1 amide bonds. The maximum atomic E-state index is 11.9. The highest BCUT2D eigenvalue weighted by Crippen LogP contribution is 2.16. The molecule has 1 aliphatic heterocycles. The number of rotatable bonds is 0. The molecule has 0 unspecified atom stereocenters. The molecule has 96 valence electrons. The summed E-state index contributed by atoms with van der Waals surface area (Å²) in [5, 5.41) is 3.28. The second-order valence-electron chi connectivity index (χ2n) is 5.24.